The molecule has 2 aromatic heterocycles. The second kappa shape index (κ2) is 6.88. The van der Waals surface area contributed by atoms with Gasteiger partial charge in [-0.1, -0.05) is 20.3 Å². The number of aromatic nitrogens is 2. The summed E-state index contributed by atoms with van der Waals surface area (Å²) in [5.74, 6) is 1.66. The molecule has 2 rings (SSSR count). The summed E-state index contributed by atoms with van der Waals surface area (Å²) >= 11 is 2.33. The van der Waals surface area contributed by atoms with E-state index in [0.717, 1.165) is 52.3 Å². The van der Waals surface area contributed by atoms with E-state index in [1.807, 2.05) is 6.07 Å². The van der Waals surface area contributed by atoms with Gasteiger partial charge in [-0.2, -0.15) is 0 Å². The van der Waals surface area contributed by atoms with Crippen LogP contribution < -0.4 is 5.32 Å². The van der Waals surface area contributed by atoms with Crippen LogP contribution in [0.5, 0.6) is 0 Å². The Balaban J connectivity index is 2.41. The van der Waals surface area contributed by atoms with Gasteiger partial charge in [0.25, 0.3) is 0 Å². The lowest BCUT2D eigenvalue weighted by atomic mass is 10.2. The van der Waals surface area contributed by atoms with E-state index >= 15 is 0 Å². The molecule has 0 spiro atoms. The molecule has 0 aliphatic heterocycles. The summed E-state index contributed by atoms with van der Waals surface area (Å²) in [4.78, 5) is 9.26. The zero-order valence-electron chi connectivity index (χ0n) is 11.2. The lowest BCUT2D eigenvalue weighted by Crippen LogP contribution is -2.09. The quantitative estimate of drug-likeness (QED) is 0.777. The van der Waals surface area contributed by atoms with Crippen LogP contribution in [-0.2, 0) is 6.42 Å². The summed E-state index contributed by atoms with van der Waals surface area (Å²) in [5.41, 5.74) is 2.03. The van der Waals surface area contributed by atoms with Crippen LogP contribution in [0.4, 0.5) is 5.82 Å². The number of aryl methyl sites for hydroxylation is 1. The molecule has 0 saturated carbocycles. The van der Waals surface area contributed by atoms with Gasteiger partial charge >= 0.3 is 0 Å². The maximum absolute atomic E-state index is 5.12. The summed E-state index contributed by atoms with van der Waals surface area (Å²) in [7, 11) is 0. The van der Waals surface area contributed by atoms with E-state index in [9.17, 15) is 0 Å². The first-order valence-corrected chi connectivity index (χ1v) is 7.67. The predicted octanol–water partition coefficient (Wildman–Crippen LogP) is 4.12. The Morgan fingerprint density at radius 1 is 1.26 bits per heavy atom. The molecule has 0 aliphatic carbocycles. The molecular formula is C14H18IN3O. The number of halogens is 1. The fourth-order valence-electron chi connectivity index (χ4n) is 1.78. The zero-order valence-corrected chi connectivity index (χ0v) is 13.4. The normalized spacial score (nSPS) is 10.7. The average molecular weight is 371 g/mol. The van der Waals surface area contributed by atoms with Gasteiger partial charge < -0.3 is 9.73 Å². The topological polar surface area (TPSA) is 51.0 Å². The van der Waals surface area contributed by atoms with Gasteiger partial charge in [-0.3, -0.25) is 0 Å². The molecule has 0 aliphatic rings. The number of furan rings is 1. The third kappa shape index (κ3) is 3.46. The summed E-state index contributed by atoms with van der Waals surface area (Å²) in [6, 6.07) is 1.89. The van der Waals surface area contributed by atoms with Crippen molar-refractivity contribution in [3.8, 4) is 11.4 Å². The van der Waals surface area contributed by atoms with Gasteiger partial charge in [-0.15, -0.1) is 0 Å². The van der Waals surface area contributed by atoms with E-state index in [1.54, 1.807) is 12.5 Å². The second-order valence-corrected chi connectivity index (χ2v) is 5.42. The smallest absolute Gasteiger partial charge is 0.165 e. The molecule has 5 heteroatoms. The van der Waals surface area contributed by atoms with E-state index in [-0.39, 0.29) is 0 Å². The lowest BCUT2D eigenvalue weighted by Gasteiger charge is -2.11. The molecule has 0 unspecified atom stereocenters. The van der Waals surface area contributed by atoms with Crippen LogP contribution in [0.3, 0.4) is 0 Å². The van der Waals surface area contributed by atoms with Crippen LogP contribution in [0.25, 0.3) is 11.4 Å². The van der Waals surface area contributed by atoms with Gasteiger partial charge in [0, 0.05) is 6.54 Å². The molecule has 2 aromatic rings. The first-order valence-electron chi connectivity index (χ1n) is 6.59. The van der Waals surface area contributed by atoms with Crippen molar-refractivity contribution in [2.45, 2.75) is 33.1 Å². The monoisotopic (exact) mass is 371 g/mol. The number of hydrogen-bond acceptors (Lipinski definition) is 4. The molecule has 102 valence electrons. The van der Waals surface area contributed by atoms with E-state index in [2.05, 4.69) is 51.7 Å². The molecule has 0 radical (unpaired) electrons. The largest absolute Gasteiger partial charge is 0.472 e. The van der Waals surface area contributed by atoms with E-state index in [1.165, 1.54) is 0 Å². The first kappa shape index (κ1) is 14.3. The highest BCUT2D eigenvalue weighted by Crippen LogP contribution is 2.25. The molecule has 0 fully saturated rings. The van der Waals surface area contributed by atoms with Gasteiger partial charge in [0.2, 0.25) is 0 Å². The lowest BCUT2D eigenvalue weighted by molar-refractivity contribution is 0.568. The van der Waals surface area contributed by atoms with Crippen molar-refractivity contribution in [2.24, 2.45) is 0 Å². The highest BCUT2D eigenvalue weighted by atomic mass is 127. The van der Waals surface area contributed by atoms with Crippen LogP contribution in [0.2, 0.25) is 0 Å². The van der Waals surface area contributed by atoms with Crippen molar-refractivity contribution in [1.29, 1.82) is 0 Å². The van der Waals surface area contributed by atoms with Crippen LogP contribution in [0.15, 0.2) is 23.0 Å². The number of rotatable bonds is 6. The van der Waals surface area contributed by atoms with Crippen molar-refractivity contribution in [1.82, 2.24) is 9.97 Å². The van der Waals surface area contributed by atoms with Crippen molar-refractivity contribution in [2.75, 3.05) is 11.9 Å². The zero-order chi connectivity index (χ0) is 13.7. The molecule has 0 amide bonds. The highest BCUT2D eigenvalue weighted by molar-refractivity contribution is 14.1. The fourth-order valence-corrected chi connectivity index (χ4v) is 2.48. The molecule has 0 saturated heterocycles. The number of nitrogens with zero attached hydrogens (tertiary/aromatic N) is 2. The standard InChI is InChI=1S/C14H18IN3O/c1-3-5-11-12(15)14(16-7-4-2)18-13(17-11)10-6-8-19-9-10/h6,8-9H,3-5,7H2,1-2H3,(H,16,17,18). The maximum atomic E-state index is 5.12. The Labute approximate surface area is 127 Å². The minimum Gasteiger partial charge on any atom is -0.472 e. The van der Waals surface area contributed by atoms with Gasteiger partial charge in [-0.25, -0.2) is 9.97 Å². The first-order chi connectivity index (χ1) is 9.26. The molecule has 0 bridgehead atoms. The number of nitrogens with one attached hydrogen (secondary N) is 1. The predicted molar refractivity (Wildman–Crippen MR) is 85.2 cm³/mol. The molecule has 19 heavy (non-hydrogen) atoms. The third-order valence-electron chi connectivity index (χ3n) is 2.73. The van der Waals surface area contributed by atoms with Crippen molar-refractivity contribution < 1.29 is 4.42 Å². The Kier molecular flexibility index (Phi) is 5.18. The van der Waals surface area contributed by atoms with Crippen LogP contribution in [0, 0.1) is 3.57 Å². The van der Waals surface area contributed by atoms with Gasteiger partial charge in [0.15, 0.2) is 5.82 Å². The summed E-state index contributed by atoms with van der Waals surface area (Å²) in [6.07, 6.45) is 6.44. The van der Waals surface area contributed by atoms with E-state index in [0.29, 0.717) is 0 Å². The van der Waals surface area contributed by atoms with Crippen molar-refractivity contribution >= 4 is 28.4 Å². The van der Waals surface area contributed by atoms with E-state index < -0.39 is 0 Å². The number of hydrogen-bond donors (Lipinski definition) is 1. The van der Waals surface area contributed by atoms with Crippen LogP contribution in [0.1, 0.15) is 32.4 Å². The van der Waals surface area contributed by atoms with Gasteiger partial charge in [0.1, 0.15) is 12.1 Å². The summed E-state index contributed by atoms with van der Waals surface area (Å²) in [5, 5.41) is 3.37. The maximum Gasteiger partial charge on any atom is 0.165 e. The summed E-state index contributed by atoms with van der Waals surface area (Å²) < 4.78 is 6.24. The highest BCUT2D eigenvalue weighted by Gasteiger charge is 2.13. The Morgan fingerprint density at radius 2 is 2.11 bits per heavy atom. The van der Waals surface area contributed by atoms with Gasteiger partial charge in [0.05, 0.1) is 21.1 Å². The Morgan fingerprint density at radius 3 is 2.74 bits per heavy atom. The minimum atomic E-state index is 0.733. The van der Waals surface area contributed by atoms with Gasteiger partial charge in [-0.05, 0) is 41.5 Å². The Bertz CT molecular complexity index is 526. The number of anilines is 1. The van der Waals surface area contributed by atoms with E-state index in [4.69, 9.17) is 4.42 Å². The van der Waals surface area contributed by atoms with Crippen LogP contribution >= 0.6 is 22.6 Å². The molecule has 4 nitrogen and oxygen atoms in total. The molecule has 0 atom stereocenters. The molecule has 0 aromatic carbocycles. The van der Waals surface area contributed by atoms with Crippen LogP contribution in [-0.4, -0.2) is 16.5 Å². The molecule has 1 N–H and O–H groups in total. The SMILES string of the molecule is CCCNc1nc(-c2ccoc2)nc(CCC)c1I. The molecular weight excluding hydrogens is 353 g/mol. The van der Waals surface area contributed by atoms with Crippen molar-refractivity contribution in [3.63, 3.8) is 0 Å². The Hall–Kier alpha value is -1.11. The average Bonchev–Trinajstić information content (AvgIpc) is 2.94. The molecule has 2 heterocycles. The summed E-state index contributed by atoms with van der Waals surface area (Å²) in [6.45, 7) is 5.23. The van der Waals surface area contributed by atoms with Crippen molar-refractivity contribution in [3.05, 3.63) is 27.9 Å². The third-order valence-corrected chi connectivity index (χ3v) is 3.86. The fraction of sp³-hybridized carbons (Fsp3) is 0.429. The second-order valence-electron chi connectivity index (χ2n) is 4.35. The minimum absolute atomic E-state index is 0.733.